The number of hydrogen-bond acceptors (Lipinski definition) is 3. The number of nitrogens with zero attached hydrogens (tertiary/aromatic N) is 2. The van der Waals surface area contributed by atoms with Crippen molar-refractivity contribution in [2.75, 3.05) is 23.7 Å². The molecule has 2 aromatic carbocycles. The highest BCUT2D eigenvalue weighted by molar-refractivity contribution is 5.98. The van der Waals surface area contributed by atoms with Crippen LogP contribution < -0.4 is 10.6 Å². The summed E-state index contributed by atoms with van der Waals surface area (Å²) in [5.74, 6) is -0.250. The smallest absolute Gasteiger partial charge is 0.322 e. The van der Waals surface area contributed by atoms with Gasteiger partial charge in [0.15, 0.2) is 0 Å². The van der Waals surface area contributed by atoms with E-state index in [0.717, 1.165) is 42.7 Å². The summed E-state index contributed by atoms with van der Waals surface area (Å²) < 4.78 is 0. The quantitative estimate of drug-likeness (QED) is 0.463. The van der Waals surface area contributed by atoms with Crippen LogP contribution in [0.1, 0.15) is 50.7 Å². The Hall–Kier alpha value is -3.12. The largest absolute Gasteiger partial charge is 0.323 e. The Kier molecular flexibility index (Phi) is 9.28. The van der Waals surface area contributed by atoms with Gasteiger partial charge in [0.05, 0.1) is 0 Å². The number of carbonyl (C=O) groups excluding carboxylic acids is 2. The van der Waals surface area contributed by atoms with Crippen molar-refractivity contribution in [2.45, 2.75) is 65.1 Å². The Morgan fingerprint density at radius 2 is 1.79 bits per heavy atom. The highest BCUT2D eigenvalue weighted by Gasteiger charge is 2.29. The molecule has 34 heavy (non-hydrogen) atoms. The predicted molar refractivity (Wildman–Crippen MR) is 140 cm³/mol. The predicted octanol–water partition coefficient (Wildman–Crippen LogP) is 5.81. The SMILES string of the molecule is C=CC(=O)Nc1cccc(CN(C(=O)Nc2cccc(C)c2)C2CCN(C(C)CCC)CC2)c1. The molecule has 182 valence electrons. The summed E-state index contributed by atoms with van der Waals surface area (Å²) in [6, 6.07) is 16.2. The normalized spacial score (nSPS) is 15.4. The first-order valence-corrected chi connectivity index (χ1v) is 12.3. The number of amides is 3. The average Bonchev–Trinajstić information content (AvgIpc) is 2.83. The molecule has 1 heterocycles. The number of hydrogen-bond donors (Lipinski definition) is 2. The van der Waals surface area contributed by atoms with E-state index in [-0.39, 0.29) is 18.0 Å². The van der Waals surface area contributed by atoms with Crippen LogP contribution in [0, 0.1) is 6.92 Å². The van der Waals surface area contributed by atoms with Gasteiger partial charge < -0.3 is 20.4 Å². The van der Waals surface area contributed by atoms with E-state index in [1.165, 1.54) is 18.9 Å². The molecule has 1 unspecified atom stereocenters. The molecule has 6 heteroatoms. The minimum Gasteiger partial charge on any atom is -0.323 e. The maximum atomic E-state index is 13.5. The van der Waals surface area contributed by atoms with E-state index in [0.29, 0.717) is 18.3 Å². The molecule has 1 aliphatic rings. The standard InChI is InChI=1S/C28H38N4O2/c1-5-9-22(4)31-16-14-26(15-17-31)32(28(34)30-24-12-7-10-21(3)18-24)20-23-11-8-13-25(19-23)29-27(33)6-2/h6-8,10-13,18-19,22,26H,2,5,9,14-17,20H2,1,3-4H3,(H,29,33)(H,30,34). The van der Waals surface area contributed by atoms with Gasteiger partial charge in [-0.1, -0.05) is 44.2 Å². The minimum absolute atomic E-state index is 0.0915. The van der Waals surface area contributed by atoms with E-state index in [9.17, 15) is 9.59 Å². The monoisotopic (exact) mass is 462 g/mol. The van der Waals surface area contributed by atoms with Crippen LogP contribution in [0.2, 0.25) is 0 Å². The molecule has 2 N–H and O–H groups in total. The van der Waals surface area contributed by atoms with E-state index in [1.807, 2.05) is 60.4 Å². The molecule has 0 bridgehead atoms. The number of anilines is 2. The molecule has 3 amide bonds. The van der Waals surface area contributed by atoms with Gasteiger partial charge in [0, 0.05) is 43.1 Å². The zero-order chi connectivity index (χ0) is 24.5. The fourth-order valence-electron chi connectivity index (χ4n) is 4.66. The summed E-state index contributed by atoms with van der Waals surface area (Å²) in [5, 5.41) is 5.91. The number of carbonyl (C=O) groups is 2. The van der Waals surface area contributed by atoms with Gasteiger partial charge >= 0.3 is 6.03 Å². The van der Waals surface area contributed by atoms with Crippen molar-refractivity contribution in [2.24, 2.45) is 0 Å². The molecule has 0 saturated carbocycles. The number of aryl methyl sites for hydroxylation is 1. The van der Waals surface area contributed by atoms with Gasteiger partial charge in [-0.25, -0.2) is 4.79 Å². The van der Waals surface area contributed by atoms with Crippen LogP contribution in [0.4, 0.5) is 16.2 Å². The Bertz CT molecular complexity index is 982. The van der Waals surface area contributed by atoms with Crippen LogP contribution in [0.5, 0.6) is 0 Å². The first kappa shape index (κ1) is 25.5. The van der Waals surface area contributed by atoms with E-state index >= 15 is 0 Å². The van der Waals surface area contributed by atoms with Crippen LogP contribution >= 0.6 is 0 Å². The van der Waals surface area contributed by atoms with Crippen molar-refractivity contribution in [1.29, 1.82) is 0 Å². The lowest BCUT2D eigenvalue weighted by molar-refractivity contribution is -0.111. The Morgan fingerprint density at radius 3 is 2.44 bits per heavy atom. The summed E-state index contributed by atoms with van der Waals surface area (Å²) >= 11 is 0. The minimum atomic E-state index is -0.250. The molecule has 1 atom stereocenters. The molecular formula is C28H38N4O2. The van der Waals surface area contributed by atoms with Gasteiger partial charge in [-0.05, 0) is 74.6 Å². The number of likely N-dealkylation sites (tertiary alicyclic amines) is 1. The Balaban J connectivity index is 1.77. The zero-order valence-corrected chi connectivity index (χ0v) is 20.7. The molecule has 0 aliphatic carbocycles. The molecule has 0 radical (unpaired) electrons. The molecule has 6 nitrogen and oxygen atoms in total. The van der Waals surface area contributed by atoms with Gasteiger partial charge in [0.25, 0.3) is 0 Å². The fourth-order valence-corrected chi connectivity index (χ4v) is 4.66. The molecule has 0 aromatic heterocycles. The Morgan fingerprint density at radius 1 is 1.12 bits per heavy atom. The van der Waals surface area contributed by atoms with Crippen molar-refractivity contribution in [1.82, 2.24) is 9.80 Å². The highest BCUT2D eigenvalue weighted by Crippen LogP contribution is 2.24. The van der Waals surface area contributed by atoms with Gasteiger partial charge in [-0.15, -0.1) is 0 Å². The van der Waals surface area contributed by atoms with Crippen LogP contribution in [-0.2, 0) is 11.3 Å². The zero-order valence-electron chi connectivity index (χ0n) is 20.7. The summed E-state index contributed by atoms with van der Waals surface area (Å²) in [6.07, 6.45) is 5.53. The first-order valence-electron chi connectivity index (χ1n) is 12.3. The maximum absolute atomic E-state index is 13.5. The lowest BCUT2D eigenvalue weighted by Gasteiger charge is -2.40. The molecule has 2 aromatic rings. The lowest BCUT2D eigenvalue weighted by Crippen LogP contribution is -2.50. The number of urea groups is 1. The molecule has 0 spiro atoms. The van der Waals surface area contributed by atoms with Crippen LogP contribution in [0.15, 0.2) is 61.2 Å². The fraction of sp³-hybridized carbons (Fsp3) is 0.429. The lowest BCUT2D eigenvalue weighted by atomic mass is 10.00. The molecule has 3 rings (SSSR count). The summed E-state index contributed by atoms with van der Waals surface area (Å²) in [5.41, 5.74) is 3.58. The van der Waals surface area contributed by atoms with E-state index in [2.05, 4.69) is 36.0 Å². The number of benzene rings is 2. The van der Waals surface area contributed by atoms with E-state index in [4.69, 9.17) is 0 Å². The van der Waals surface area contributed by atoms with E-state index < -0.39 is 0 Å². The average molecular weight is 463 g/mol. The summed E-state index contributed by atoms with van der Waals surface area (Å²) in [4.78, 5) is 29.7. The van der Waals surface area contributed by atoms with Crippen LogP contribution in [0.25, 0.3) is 0 Å². The Labute approximate surface area is 204 Å². The number of rotatable bonds is 9. The third kappa shape index (κ3) is 7.19. The van der Waals surface area contributed by atoms with Gasteiger partial charge in [0.2, 0.25) is 5.91 Å². The van der Waals surface area contributed by atoms with Crippen LogP contribution in [0.3, 0.4) is 0 Å². The second kappa shape index (κ2) is 12.4. The van der Waals surface area contributed by atoms with Crippen molar-refractivity contribution in [3.63, 3.8) is 0 Å². The second-order valence-corrected chi connectivity index (χ2v) is 9.23. The second-order valence-electron chi connectivity index (χ2n) is 9.23. The highest BCUT2D eigenvalue weighted by atomic mass is 16.2. The summed E-state index contributed by atoms with van der Waals surface area (Å²) in [6.45, 7) is 12.5. The van der Waals surface area contributed by atoms with Crippen molar-refractivity contribution < 1.29 is 9.59 Å². The molecular weight excluding hydrogens is 424 g/mol. The van der Waals surface area contributed by atoms with Gasteiger partial charge in [-0.2, -0.15) is 0 Å². The van der Waals surface area contributed by atoms with Crippen LogP contribution in [-0.4, -0.2) is 46.9 Å². The third-order valence-corrected chi connectivity index (χ3v) is 6.53. The topological polar surface area (TPSA) is 64.7 Å². The maximum Gasteiger partial charge on any atom is 0.322 e. The summed E-state index contributed by atoms with van der Waals surface area (Å²) in [7, 11) is 0. The van der Waals surface area contributed by atoms with Gasteiger partial charge in [0.1, 0.15) is 0 Å². The van der Waals surface area contributed by atoms with Crippen molar-refractivity contribution >= 4 is 23.3 Å². The first-order chi connectivity index (χ1) is 16.4. The van der Waals surface area contributed by atoms with E-state index in [1.54, 1.807) is 0 Å². The number of nitrogens with one attached hydrogen (secondary N) is 2. The molecule has 1 aliphatic heterocycles. The number of piperidine rings is 1. The molecule has 1 saturated heterocycles. The third-order valence-electron chi connectivity index (χ3n) is 6.53. The molecule has 1 fully saturated rings. The van der Waals surface area contributed by atoms with Crippen molar-refractivity contribution in [3.8, 4) is 0 Å². The van der Waals surface area contributed by atoms with Gasteiger partial charge in [-0.3, -0.25) is 4.79 Å². The van der Waals surface area contributed by atoms with Crippen molar-refractivity contribution in [3.05, 3.63) is 72.3 Å².